The molecule has 0 bridgehead atoms. The summed E-state index contributed by atoms with van der Waals surface area (Å²) in [5, 5.41) is 4.13. The van der Waals surface area contributed by atoms with Crippen LogP contribution in [0.15, 0.2) is 29.1 Å². The van der Waals surface area contributed by atoms with E-state index in [-0.39, 0.29) is 27.9 Å². The number of hydrogen-bond donors (Lipinski definition) is 1. The molecule has 4 rings (SSSR count). The van der Waals surface area contributed by atoms with Crippen molar-refractivity contribution in [1.29, 1.82) is 0 Å². The number of rotatable bonds is 5. The summed E-state index contributed by atoms with van der Waals surface area (Å²) in [4.78, 5) is 34.6. The van der Waals surface area contributed by atoms with Gasteiger partial charge in [0.25, 0.3) is 5.56 Å². The van der Waals surface area contributed by atoms with Gasteiger partial charge in [0.1, 0.15) is 11.0 Å². The molecule has 0 unspecified atom stereocenters. The van der Waals surface area contributed by atoms with Gasteiger partial charge in [0.15, 0.2) is 5.69 Å². The van der Waals surface area contributed by atoms with Gasteiger partial charge in [-0.3, -0.25) is 9.36 Å². The third-order valence-corrected chi connectivity index (χ3v) is 6.64. The highest BCUT2D eigenvalue weighted by Gasteiger charge is 2.37. The second kappa shape index (κ2) is 8.20. The molecule has 0 saturated heterocycles. The largest absolute Gasteiger partial charge is 0.464 e. The van der Waals surface area contributed by atoms with Gasteiger partial charge in [0, 0.05) is 18.0 Å². The highest BCUT2D eigenvalue weighted by atomic mass is 35.5. The highest BCUT2D eigenvalue weighted by molar-refractivity contribution is 6.29. The van der Waals surface area contributed by atoms with Crippen molar-refractivity contribution >= 4 is 34.2 Å². The Bertz CT molecular complexity index is 1280. The number of benzene rings is 1. The van der Waals surface area contributed by atoms with Gasteiger partial charge in [0.05, 0.1) is 29.7 Å². The number of aryl methyl sites for hydroxylation is 1. The number of methoxy groups -OCH3 is 1. The summed E-state index contributed by atoms with van der Waals surface area (Å²) >= 11 is 5.99. The fraction of sp³-hybridized carbons (Fsp3) is 0.417. The molecule has 1 atom stereocenters. The van der Waals surface area contributed by atoms with Crippen LogP contribution >= 0.6 is 11.6 Å². The molecule has 1 fully saturated rings. The molecule has 168 valence electrons. The van der Waals surface area contributed by atoms with Crippen molar-refractivity contribution in [3.63, 3.8) is 0 Å². The number of ether oxygens (including phenoxy) is 1. The molecule has 0 radical (unpaired) electrons. The first kappa shape index (κ1) is 22.3. The average Bonchev–Trinajstić information content (AvgIpc) is 2.75. The van der Waals surface area contributed by atoms with Crippen molar-refractivity contribution in [1.82, 2.24) is 14.5 Å². The minimum absolute atomic E-state index is 0.0429. The first-order valence-electron chi connectivity index (χ1n) is 10.7. The lowest BCUT2D eigenvalue weighted by Crippen LogP contribution is -2.38. The normalized spacial score (nSPS) is 15.8. The Labute approximate surface area is 191 Å². The predicted molar refractivity (Wildman–Crippen MR) is 126 cm³/mol. The zero-order chi connectivity index (χ0) is 23.2. The maximum Gasteiger partial charge on any atom is 0.358 e. The fourth-order valence-corrected chi connectivity index (χ4v) is 4.62. The van der Waals surface area contributed by atoms with Crippen LogP contribution in [0.1, 0.15) is 66.6 Å². The van der Waals surface area contributed by atoms with Crippen LogP contribution in [0.25, 0.3) is 10.9 Å². The zero-order valence-corrected chi connectivity index (χ0v) is 19.7. The van der Waals surface area contributed by atoms with Crippen LogP contribution in [0.4, 0.5) is 5.69 Å². The molecule has 1 N–H and O–H groups in total. The second-order valence-electron chi connectivity index (χ2n) is 8.85. The van der Waals surface area contributed by atoms with Crippen LogP contribution in [-0.2, 0) is 17.2 Å². The van der Waals surface area contributed by atoms with Crippen molar-refractivity contribution in [3.05, 3.63) is 62.4 Å². The maximum absolute atomic E-state index is 13.3. The van der Waals surface area contributed by atoms with E-state index < -0.39 is 5.97 Å². The van der Waals surface area contributed by atoms with Gasteiger partial charge in [-0.15, -0.1) is 0 Å². The van der Waals surface area contributed by atoms with Crippen LogP contribution < -0.4 is 10.9 Å². The van der Waals surface area contributed by atoms with Crippen molar-refractivity contribution < 1.29 is 9.53 Å². The van der Waals surface area contributed by atoms with Gasteiger partial charge in [-0.1, -0.05) is 31.0 Å². The molecule has 32 heavy (non-hydrogen) atoms. The SMILES string of the molecule is COC(=O)c1nc(Cl)ccc1N[C@H](C)c1cc(C)cc2c(=O)n(C)c(C3(C)CCC3)nc12. The number of aromatic nitrogens is 3. The van der Waals surface area contributed by atoms with Gasteiger partial charge in [-0.2, -0.15) is 0 Å². The Morgan fingerprint density at radius 1 is 1.28 bits per heavy atom. The van der Waals surface area contributed by atoms with E-state index in [4.69, 9.17) is 21.3 Å². The summed E-state index contributed by atoms with van der Waals surface area (Å²) in [6.45, 7) is 6.09. The number of fused-ring (bicyclic) bond motifs is 1. The fourth-order valence-electron chi connectivity index (χ4n) is 4.47. The summed E-state index contributed by atoms with van der Waals surface area (Å²) in [5.74, 6) is 0.241. The maximum atomic E-state index is 13.3. The van der Waals surface area contributed by atoms with Gasteiger partial charge in [-0.25, -0.2) is 14.8 Å². The van der Waals surface area contributed by atoms with Crippen LogP contribution in [0, 0.1) is 6.92 Å². The average molecular weight is 455 g/mol. The molecule has 1 aliphatic rings. The van der Waals surface area contributed by atoms with Gasteiger partial charge >= 0.3 is 5.97 Å². The Balaban J connectivity index is 1.84. The minimum atomic E-state index is -0.580. The monoisotopic (exact) mass is 454 g/mol. The molecule has 7 nitrogen and oxygen atoms in total. The molecule has 2 heterocycles. The van der Waals surface area contributed by atoms with E-state index in [9.17, 15) is 9.59 Å². The number of carbonyl (C=O) groups excluding carboxylic acids is 1. The molecule has 3 aromatic rings. The highest BCUT2D eigenvalue weighted by Crippen LogP contribution is 2.42. The third-order valence-electron chi connectivity index (χ3n) is 6.43. The van der Waals surface area contributed by atoms with E-state index in [0.29, 0.717) is 16.6 Å². The van der Waals surface area contributed by atoms with Crippen LogP contribution in [0.5, 0.6) is 0 Å². The number of nitrogens with zero attached hydrogens (tertiary/aromatic N) is 3. The van der Waals surface area contributed by atoms with Gasteiger partial charge < -0.3 is 10.1 Å². The smallest absolute Gasteiger partial charge is 0.358 e. The van der Waals surface area contributed by atoms with Crippen LogP contribution in [-0.4, -0.2) is 27.6 Å². The number of esters is 1. The second-order valence-corrected chi connectivity index (χ2v) is 9.24. The Morgan fingerprint density at radius 3 is 2.62 bits per heavy atom. The number of nitrogens with one attached hydrogen (secondary N) is 1. The van der Waals surface area contributed by atoms with Crippen molar-refractivity contribution in [3.8, 4) is 0 Å². The van der Waals surface area contributed by atoms with E-state index in [1.54, 1.807) is 23.7 Å². The van der Waals surface area contributed by atoms with Gasteiger partial charge in [0.2, 0.25) is 0 Å². The Morgan fingerprint density at radius 2 is 2.00 bits per heavy atom. The quantitative estimate of drug-likeness (QED) is 0.444. The lowest BCUT2D eigenvalue weighted by atomic mass is 9.69. The standard InChI is InChI=1S/C24H27ClN4O3/c1-13-11-15(14(2)26-17-7-8-18(25)27-20(17)22(31)32-5)19-16(12-13)21(30)29(4)23(28-19)24(3)9-6-10-24/h7-8,11-12,14,26H,6,9-10H2,1-5H3/t14-/m1/s1. The Kier molecular flexibility index (Phi) is 5.71. The molecule has 8 heteroatoms. The summed E-state index contributed by atoms with van der Waals surface area (Å²) in [5.41, 5.74) is 3.01. The van der Waals surface area contributed by atoms with Crippen molar-refractivity contribution in [2.75, 3.05) is 12.4 Å². The number of halogens is 1. The first-order chi connectivity index (χ1) is 15.1. The Hall–Kier alpha value is -2.93. The predicted octanol–water partition coefficient (Wildman–Crippen LogP) is 4.69. The van der Waals surface area contributed by atoms with E-state index in [1.807, 2.05) is 26.0 Å². The van der Waals surface area contributed by atoms with E-state index in [1.165, 1.54) is 7.11 Å². The molecule has 2 aromatic heterocycles. The topological polar surface area (TPSA) is 86.1 Å². The van der Waals surface area contributed by atoms with E-state index in [2.05, 4.69) is 17.2 Å². The molecule has 0 spiro atoms. The lowest BCUT2D eigenvalue weighted by Gasteiger charge is -2.38. The first-order valence-corrected chi connectivity index (χ1v) is 11.1. The number of hydrogen-bond acceptors (Lipinski definition) is 6. The summed E-state index contributed by atoms with van der Waals surface area (Å²) < 4.78 is 6.55. The van der Waals surface area contributed by atoms with E-state index in [0.717, 1.165) is 36.2 Å². The van der Waals surface area contributed by atoms with Crippen molar-refractivity contribution in [2.45, 2.75) is 51.5 Å². The lowest BCUT2D eigenvalue weighted by molar-refractivity contribution is 0.0595. The molecular formula is C24H27ClN4O3. The molecule has 0 aliphatic heterocycles. The molecule has 1 aromatic carbocycles. The number of anilines is 1. The third kappa shape index (κ3) is 3.75. The van der Waals surface area contributed by atoms with Crippen LogP contribution in [0.2, 0.25) is 5.15 Å². The van der Waals surface area contributed by atoms with Crippen LogP contribution in [0.3, 0.4) is 0 Å². The summed E-state index contributed by atoms with van der Waals surface area (Å²) in [6.07, 6.45) is 3.18. The zero-order valence-electron chi connectivity index (χ0n) is 19.0. The molecule has 0 amide bonds. The molecule has 1 aliphatic carbocycles. The summed E-state index contributed by atoms with van der Waals surface area (Å²) in [7, 11) is 3.10. The number of pyridine rings is 1. The van der Waals surface area contributed by atoms with Crippen molar-refractivity contribution in [2.24, 2.45) is 7.05 Å². The minimum Gasteiger partial charge on any atom is -0.464 e. The summed E-state index contributed by atoms with van der Waals surface area (Å²) in [6, 6.07) is 6.97. The molecular weight excluding hydrogens is 428 g/mol. The van der Waals surface area contributed by atoms with Gasteiger partial charge in [-0.05, 0) is 50.5 Å². The number of carbonyl (C=O) groups is 1. The molecule has 1 saturated carbocycles. The van der Waals surface area contributed by atoms with E-state index >= 15 is 0 Å².